The van der Waals surface area contributed by atoms with Crippen molar-refractivity contribution in [1.29, 1.82) is 0 Å². The quantitative estimate of drug-likeness (QED) is 0.179. The zero-order chi connectivity index (χ0) is 33.7. The number of para-hydroxylation sites is 4. The third-order valence-electron chi connectivity index (χ3n) is 9.86. The molecule has 0 bridgehead atoms. The van der Waals surface area contributed by atoms with Crippen molar-refractivity contribution in [2.24, 2.45) is 0 Å². The van der Waals surface area contributed by atoms with Gasteiger partial charge in [-0.25, -0.2) is 0 Å². The highest BCUT2D eigenvalue weighted by Gasteiger charge is 2.17. The summed E-state index contributed by atoms with van der Waals surface area (Å²) in [5, 5.41) is 4.47. The van der Waals surface area contributed by atoms with Gasteiger partial charge < -0.3 is 13.7 Å². The van der Waals surface area contributed by atoms with Crippen LogP contribution in [0.3, 0.4) is 0 Å². The fourth-order valence-corrected chi connectivity index (χ4v) is 7.43. The summed E-state index contributed by atoms with van der Waals surface area (Å²) >= 11 is 0. The van der Waals surface area contributed by atoms with Gasteiger partial charge >= 0.3 is 0 Å². The van der Waals surface area contributed by atoms with Gasteiger partial charge in [0.2, 0.25) is 0 Å². The van der Waals surface area contributed by atoms with Crippen molar-refractivity contribution in [2.75, 3.05) is 4.90 Å². The summed E-state index contributed by atoms with van der Waals surface area (Å²) in [5.74, 6) is 0. The topological polar surface area (TPSA) is 29.5 Å². The molecule has 3 nitrogen and oxygen atoms in total. The number of hydrogen-bond acceptors (Lipinski definition) is 3. The van der Waals surface area contributed by atoms with E-state index in [1.165, 1.54) is 0 Å². The first-order chi connectivity index (χ1) is 25.3. The second kappa shape index (κ2) is 11.9. The fourth-order valence-electron chi connectivity index (χ4n) is 7.43. The third kappa shape index (κ3) is 5.06. The Labute approximate surface area is 295 Å². The minimum Gasteiger partial charge on any atom is -0.456 e. The Morgan fingerprint density at radius 3 is 1.39 bits per heavy atom. The highest BCUT2D eigenvalue weighted by atomic mass is 16.3. The van der Waals surface area contributed by atoms with Crippen LogP contribution >= 0.6 is 0 Å². The third-order valence-corrected chi connectivity index (χ3v) is 9.86. The van der Waals surface area contributed by atoms with E-state index in [9.17, 15) is 0 Å². The summed E-state index contributed by atoms with van der Waals surface area (Å²) in [6.45, 7) is 0. The predicted molar refractivity (Wildman–Crippen MR) is 212 cm³/mol. The van der Waals surface area contributed by atoms with Crippen molar-refractivity contribution in [2.45, 2.75) is 0 Å². The molecule has 0 unspecified atom stereocenters. The van der Waals surface area contributed by atoms with E-state index >= 15 is 0 Å². The predicted octanol–water partition coefficient (Wildman–Crippen LogP) is 14.0. The van der Waals surface area contributed by atoms with Crippen LogP contribution in [0.2, 0.25) is 0 Å². The summed E-state index contributed by atoms with van der Waals surface area (Å²) in [6, 6.07) is 66.4. The summed E-state index contributed by atoms with van der Waals surface area (Å²) in [4.78, 5) is 2.31. The van der Waals surface area contributed by atoms with Crippen molar-refractivity contribution in [3.8, 4) is 33.4 Å². The SMILES string of the molecule is c1ccc(N(c2ccccc2)c2cccc(-c3ccc(-c4ccc5oc6ccccc6c5c4)cc3-c3ccc4oc5ccccc5c4c3)c2)cc1. The van der Waals surface area contributed by atoms with Crippen LogP contribution in [-0.4, -0.2) is 0 Å². The van der Waals surface area contributed by atoms with Crippen LogP contribution in [0.5, 0.6) is 0 Å². The van der Waals surface area contributed by atoms with Crippen LogP contribution in [0.25, 0.3) is 77.3 Å². The summed E-state index contributed by atoms with van der Waals surface area (Å²) in [6.07, 6.45) is 0. The average molecular weight is 654 g/mol. The van der Waals surface area contributed by atoms with Gasteiger partial charge in [-0.05, 0) is 112 Å². The highest BCUT2D eigenvalue weighted by molar-refractivity contribution is 6.08. The largest absolute Gasteiger partial charge is 0.456 e. The van der Waals surface area contributed by atoms with Crippen LogP contribution in [-0.2, 0) is 0 Å². The molecule has 0 spiro atoms. The maximum Gasteiger partial charge on any atom is 0.135 e. The number of benzene rings is 8. The molecule has 0 aliphatic heterocycles. The summed E-state index contributed by atoms with van der Waals surface area (Å²) in [7, 11) is 0. The smallest absolute Gasteiger partial charge is 0.135 e. The molecule has 8 aromatic carbocycles. The molecule has 10 rings (SSSR count). The lowest BCUT2D eigenvalue weighted by Gasteiger charge is -2.26. The molecule has 0 atom stereocenters. The van der Waals surface area contributed by atoms with Crippen LogP contribution < -0.4 is 4.90 Å². The van der Waals surface area contributed by atoms with Crippen molar-refractivity contribution in [3.05, 3.63) is 188 Å². The Kier molecular flexibility index (Phi) is 6.81. The van der Waals surface area contributed by atoms with Gasteiger partial charge in [-0.15, -0.1) is 0 Å². The van der Waals surface area contributed by atoms with Crippen molar-refractivity contribution in [3.63, 3.8) is 0 Å². The number of anilines is 3. The van der Waals surface area contributed by atoms with Crippen LogP contribution in [0.15, 0.2) is 197 Å². The molecule has 0 amide bonds. The minimum absolute atomic E-state index is 0.887. The first kappa shape index (κ1) is 29.1. The average Bonchev–Trinajstić information content (AvgIpc) is 3.76. The lowest BCUT2D eigenvalue weighted by atomic mass is 9.90. The highest BCUT2D eigenvalue weighted by Crippen LogP contribution is 2.42. The standard InChI is InChI=1S/C48H31NO2/c1-3-13-36(14-4-1)49(37-15-5-2-6-16-37)38-17-11-12-34(28-38)39-25-22-32(33-23-26-47-43(30-33)40-18-7-9-20-45(40)50-47)29-42(39)35-24-27-48-44(31-35)41-19-8-10-21-46(41)51-48/h1-31H. The van der Waals surface area contributed by atoms with Crippen molar-refractivity contribution in [1.82, 2.24) is 0 Å². The van der Waals surface area contributed by atoms with Gasteiger partial charge in [0, 0.05) is 38.6 Å². The zero-order valence-electron chi connectivity index (χ0n) is 27.7. The molecule has 51 heavy (non-hydrogen) atoms. The normalized spacial score (nSPS) is 11.5. The number of hydrogen-bond donors (Lipinski definition) is 0. The van der Waals surface area contributed by atoms with Gasteiger partial charge in [0.25, 0.3) is 0 Å². The maximum absolute atomic E-state index is 6.23. The molecule has 0 saturated carbocycles. The van der Waals surface area contributed by atoms with E-state index in [4.69, 9.17) is 8.83 Å². The van der Waals surface area contributed by atoms with Crippen LogP contribution in [0.4, 0.5) is 17.1 Å². The molecule has 2 aromatic heterocycles. The molecule has 0 fully saturated rings. The minimum atomic E-state index is 0.887. The molecule has 0 radical (unpaired) electrons. The van der Waals surface area contributed by atoms with Crippen molar-refractivity contribution < 1.29 is 8.83 Å². The number of furan rings is 2. The van der Waals surface area contributed by atoms with Gasteiger partial charge in [-0.2, -0.15) is 0 Å². The lowest BCUT2D eigenvalue weighted by Crippen LogP contribution is -2.09. The molecule has 2 heterocycles. The van der Waals surface area contributed by atoms with Gasteiger partial charge in [0.05, 0.1) is 0 Å². The van der Waals surface area contributed by atoms with E-state index in [1.807, 2.05) is 24.3 Å². The Morgan fingerprint density at radius 2 is 0.745 bits per heavy atom. The van der Waals surface area contributed by atoms with E-state index < -0.39 is 0 Å². The van der Waals surface area contributed by atoms with Crippen molar-refractivity contribution >= 4 is 60.9 Å². The van der Waals surface area contributed by atoms with Crippen LogP contribution in [0.1, 0.15) is 0 Å². The van der Waals surface area contributed by atoms with Gasteiger partial charge in [-0.3, -0.25) is 0 Å². The first-order valence-corrected chi connectivity index (χ1v) is 17.2. The fraction of sp³-hybridized carbons (Fsp3) is 0. The first-order valence-electron chi connectivity index (χ1n) is 17.2. The van der Waals surface area contributed by atoms with Gasteiger partial charge in [0.1, 0.15) is 22.3 Å². The second-order valence-electron chi connectivity index (χ2n) is 12.9. The van der Waals surface area contributed by atoms with E-state index in [0.29, 0.717) is 0 Å². The van der Waals surface area contributed by atoms with E-state index in [2.05, 4.69) is 169 Å². The van der Waals surface area contributed by atoms with Crippen LogP contribution in [0, 0.1) is 0 Å². The van der Waals surface area contributed by atoms with Gasteiger partial charge in [0.15, 0.2) is 0 Å². The summed E-state index contributed by atoms with van der Waals surface area (Å²) in [5.41, 5.74) is 13.8. The molecule has 0 aliphatic rings. The monoisotopic (exact) mass is 653 g/mol. The molecular weight excluding hydrogens is 623 g/mol. The molecule has 0 saturated heterocycles. The molecule has 0 aliphatic carbocycles. The second-order valence-corrected chi connectivity index (χ2v) is 12.9. The van der Waals surface area contributed by atoms with E-state index in [0.717, 1.165) is 94.3 Å². The number of fused-ring (bicyclic) bond motifs is 6. The van der Waals surface area contributed by atoms with E-state index in [-0.39, 0.29) is 0 Å². The summed E-state index contributed by atoms with van der Waals surface area (Å²) < 4.78 is 12.4. The van der Waals surface area contributed by atoms with E-state index in [1.54, 1.807) is 0 Å². The molecule has 0 N–H and O–H groups in total. The molecule has 240 valence electrons. The zero-order valence-corrected chi connectivity index (χ0v) is 27.7. The molecular formula is C48H31NO2. The number of rotatable bonds is 6. The Hall–Kier alpha value is -6.84. The maximum atomic E-state index is 6.23. The molecule has 3 heteroatoms. The number of nitrogens with zero attached hydrogens (tertiary/aromatic N) is 1. The Balaban J connectivity index is 1.17. The lowest BCUT2D eigenvalue weighted by molar-refractivity contribution is 0.668. The Morgan fingerprint density at radius 1 is 0.275 bits per heavy atom. The van der Waals surface area contributed by atoms with Gasteiger partial charge in [-0.1, -0.05) is 109 Å². The molecule has 10 aromatic rings. The Bertz CT molecular complexity index is 2830.